The van der Waals surface area contributed by atoms with Crippen molar-refractivity contribution in [2.24, 2.45) is 0 Å². The molecule has 0 rings (SSSR count). The minimum absolute atomic E-state index is 0.0640. The first kappa shape index (κ1) is 69.9. The molecule has 0 saturated carbocycles. The van der Waals surface area contributed by atoms with Crippen LogP contribution in [0.25, 0.3) is 0 Å². The normalized spacial score (nSPS) is 12.1. The van der Waals surface area contributed by atoms with E-state index in [0.29, 0.717) is 19.3 Å². The van der Waals surface area contributed by atoms with Crippen molar-refractivity contribution in [3.05, 3.63) is 24.3 Å². The maximum atomic E-state index is 12.8. The summed E-state index contributed by atoms with van der Waals surface area (Å²) in [5, 5.41) is 0. The van der Waals surface area contributed by atoms with Crippen LogP contribution in [0.5, 0.6) is 0 Å². The van der Waals surface area contributed by atoms with Crippen LogP contribution in [0, 0.1) is 0 Å². The molecule has 0 aliphatic rings. The summed E-state index contributed by atoms with van der Waals surface area (Å²) in [4.78, 5) is 38.1. The largest absolute Gasteiger partial charge is 0.462 e. The summed E-state index contributed by atoms with van der Waals surface area (Å²) >= 11 is 0. The lowest BCUT2D eigenvalue weighted by molar-refractivity contribution is -0.167. The molecule has 0 fully saturated rings. The molecule has 0 spiro atoms. The quantitative estimate of drug-likeness (QED) is 0.0261. The first-order chi connectivity index (χ1) is 35.5. The van der Waals surface area contributed by atoms with Crippen molar-refractivity contribution in [2.75, 3.05) is 13.2 Å². The second kappa shape index (κ2) is 61.4. The van der Waals surface area contributed by atoms with Crippen molar-refractivity contribution in [3.8, 4) is 0 Å². The molecule has 6 heteroatoms. The average molecular weight is 1010 g/mol. The third-order valence-corrected chi connectivity index (χ3v) is 14.7. The van der Waals surface area contributed by atoms with Crippen LogP contribution >= 0.6 is 0 Å². The Bertz CT molecular complexity index is 1160. The van der Waals surface area contributed by atoms with E-state index >= 15 is 0 Å². The van der Waals surface area contributed by atoms with Crippen molar-refractivity contribution in [1.29, 1.82) is 0 Å². The van der Waals surface area contributed by atoms with Crippen molar-refractivity contribution < 1.29 is 28.6 Å². The predicted octanol–water partition coefficient (Wildman–Crippen LogP) is 21.8. The minimum Gasteiger partial charge on any atom is -0.462 e. The lowest BCUT2D eigenvalue weighted by atomic mass is 10.0. The van der Waals surface area contributed by atoms with E-state index in [-0.39, 0.29) is 31.1 Å². The number of ether oxygens (including phenoxy) is 3. The van der Waals surface area contributed by atoms with Crippen molar-refractivity contribution in [2.45, 2.75) is 367 Å². The molecule has 0 aromatic heterocycles. The number of rotatable bonds is 60. The molecule has 72 heavy (non-hydrogen) atoms. The van der Waals surface area contributed by atoms with E-state index in [9.17, 15) is 14.4 Å². The highest BCUT2D eigenvalue weighted by Gasteiger charge is 2.19. The third-order valence-electron chi connectivity index (χ3n) is 14.7. The predicted molar refractivity (Wildman–Crippen MR) is 312 cm³/mol. The van der Waals surface area contributed by atoms with Crippen LogP contribution in [-0.4, -0.2) is 37.2 Å². The topological polar surface area (TPSA) is 78.9 Å². The first-order valence-electron chi connectivity index (χ1n) is 32.3. The van der Waals surface area contributed by atoms with Gasteiger partial charge < -0.3 is 14.2 Å². The van der Waals surface area contributed by atoms with E-state index in [0.717, 1.165) is 64.2 Å². The van der Waals surface area contributed by atoms with Gasteiger partial charge in [0.05, 0.1) is 0 Å². The molecule has 0 amide bonds. The molecule has 0 bridgehead atoms. The Morgan fingerprint density at radius 1 is 0.278 bits per heavy atom. The van der Waals surface area contributed by atoms with Crippen molar-refractivity contribution in [1.82, 2.24) is 0 Å². The summed E-state index contributed by atoms with van der Waals surface area (Å²) in [6, 6.07) is 0. The molecule has 424 valence electrons. The van der Waals surface area contributed by atoms with Gasteiger partial charge in [-0.3, -0.25) is 14.4 Å². The fraction of sp³-hybridized carbons (Fsp3) is 0.894. The van der Waals surface area contributed by atoms with Gasteiger partial charge in [-0.25, -0.2) is 0 Å². The Balaban J connectivity index is 4.03. The van der Waals surface area contributed by atoms with Crippen LogP contribution in [0.2, 0.25) is 0 Å². The molecule has 0 aromatic carbocycles. The van der Waals surface area contributed by atoms with E-state index in [1.807, 2.05) is 0 Å². The van der Waals surface area contributed by atoms with Crippen LogP contribution in [-0.2, 0) is 28.6 Å². The zero-order chi connectivity index (χ0) is 52.2. The van der Waals surface area contributed by atoms with Gasteiger partial charge >= 0.3 is 17.9 Å². The number of hydrogen-bond donors (Lipinski definition) is 0. The molecule has 0 aromatic rings. The van der Waals surface area contributed by atoms with Crippen molar-refractivity contribution in [3.63, 3.8) is 0 Å². The molecule has 6 nitrogen and oxygen atoms in total. The number of carbonyl (C=O) groups excluding carboxylic acids is 3. The number of esters is 3. The highest BCUT2D eigenvalue weighted by Crippen LogP contribution is 2.18. The summed E-state index contributed by atoms with van der Waals surface area (Å²) in [6.45, 7) is 6.67. The maximum absolute atomic E-state index is 12.8. The first-order valence-corrected chi connectivity index (χ1v) is 32.3. The number of carbonyl (C=O) groups is 3. The standard InChI is InChI=1S/C66H124O6/c1-4-7-10-13-16-19-22-24-25-26-27-28-29-30-31-32-33-34-35-36-37-38-39-40-41-43-44-47-50-53-56-59-65(68)71-62-63(61-70-64(67)58-55-52-49-46-21-18-15-12-9-6-3)72-66(69)60-57-54-51-48-45-42-23-20-17-14-11-8-5-2/h22,24,26-27,63H,4-21,23,25,28-62H2,1-3H3/b24-22-,27-26-. The fourth-order valence-electron chi connectivity index (χ4n) is 9.83. The molecule has 0 N–H and O–H groups in total. The number of unbranched alkanes of at least 4 members (excludes halogenated alkanes) is 45. The summed E-state index contributed by atoms with van der Waals surface area (Å²) < 4.78 is 16.9. The van der Waals surface area contributed by atoms with Crippen molar-refractivity contribution >= 4 is 17.9 Å². The Kier molecular flexibility index (Phi) is 59.6. The van der Waals surface area contributed by atoms with Crippen LogP contribution in [0.3, 0.4) is 0 Å². The summed E-state index contributed by atoms with van der Waals surface area (Å²) in [7, 11) is 0. The smallest absolute Gasteiger partial charge is 0.306 e. The molecule has 0 heterocycles. The summed E-state index contributed by atoms with van der Waals surface area (Å²) in [5.41, 5.74) is 0. The summed E-state index contributed by atoms with van der Waals surface area (Å²) in [6.07, 6.45) is 73.5. The van der Waals surface area contributed by atoms with E-state index in [2.05, 4.69) is 45.1 Å². The maximum Gasteiger partial charge on any atom is 0.306 e. The number of allylic oxidation sites excluding steroid dienone is 4. The Hall–Kier alpha value is -2.11. The van der Waals surface area contributed by atoms with Crippen LogP contribution in [0.1, 0.15) is 361 Å². The third kappa shape index (κ3) is 58.8. The van der Waals surface area contributed by atoms with E-state index in [1.165, 1.54) is 257 Å². The Labute approximate surface area is 449 Å². The molecule has 0 radical (unpaired) electrons. The number of hydrogen-bond acceptors (Lipinski definition) is 6. The van der Waals surface area contributed by atoms with Gasteiger partial charge in [-0.1, -0.05) is 315 Å². The van der Waals surface area contributed by atoms with Crippen LogP contribution < -0.4 is 0 Å². The van der Waals surface area contributed by atoms with Gasteiger partial charge in [0.1, 0.15) is 13.2 Å². The zero-order valence-electron chi connectivity index (χ0n) is 48.7. The molecular weight excluding hydrogens is 889 g/mol. The van der Waals surface area contributed by atoms with E-state index < -0.39 is 6.10 Å². The SMILES string of the molecule is CCCCCCC/C=C\C/C=C\CCCCCCCCCCCCCCCCCCCCCC(=O)OCC(COC(=O)CCCCCCCCCCCC)OC(=O)CCCCCCCCCCCCCCC. The lowest BCUT2D eigenvalue weighted by Crippen LogP contribution is -2.30. The zero-order valence-corrected chi connectivity index (χ0v) is 48.7. The molecule has 1 atom stereocenters. The van der Waals surface area contributed by atoms with Gasteiger partial charge in [-0.15, -0.1) is 0 Å². The van der Waals surface area contributed by atoms with Gasteiger partial charge in [-0.2, -0.15) is 0 Å². The molecule has 1 unspecified atom stereocenters. The molecule has 0 aliphatic carbocycles. The Morgan fingerprint density at radius 2 is 0.500 bits per heavy atom. The van der Waals surface area contributed by atoms with Gasteiger partial charge in [-0.05, 0) is 51.4 Å². The van der Waals surface area contributed by atoms with Gasteiger partial charge in [0, 0.05) is 19.3 Å². The van der Waals surface area contributed by atoms with Gasteiger partial charge in [0.25, 0.3) is 0 Å². The molecule has 0 aliphatic heterocycles. The van der Waals surface area contributed by atoms with Gasteiger partial charge in [0.15, 0.2) is 6.10 Å². The van der Waals surface area contributed by atoms with E-state index in [1.54, 1.807) is 0 Å². The summed E-state index contributed by atoms with van der Waals surface area (Å²) in [5.74, 6) is -0.841. The van der Waals surface area contributed by atoms with Crippen LogP contribution in [0.15, 0.2) is 24.3 Å². The average Bonchev–Trinajstić information content (AvgIpc) is 3.38. The Morgan fingerprint density at radius 3 is 0.764 bits per heavy atom. The fourth-order valence-corrected chi connectivity index (χ4v) is 9.83. The van der Waals surface area contributed by atoms with Crippen LogP contribution in [0.4, 0.5) is 0 Å². The highest BCUT2D eigenvalue weighted by molar-refractivity contribution is 5.71. The second-order valence-corrected chi connectivity index (χ2v) is 22.0. The lowest BCUT2D eigenvalue weighted by Gasteiger charge is -2.18. The van der Waals surface area contributed by atoms with Gasteiger partial charge in [0.2, 0.25) is 0 Å². The molecular formula is C66H124O6. The minimum atomic E-state index is -0.763. The monoisotopic (exact) mass is 1010 g/mol. The highest BCUT2D eigenvalue weighted by atomic mass is 16.6. The second-order valence-electron chi connectivity index (χ2n) is 22.0. The van der Waals surface area contributed by atoms with E-state index in [4.69, 9.17) is 14.2 Å². The molecule has 0 saturated heterocycles.